The molecule has 0 atom stereocenters. The van der Waals surface area contributed by atoms with Crippen molar-refractivity contribution in [3.63, 3.8) is 0 Å². The van der Waals surface area contributed by atoms with Crippen LogP contribution in [0.15, 0.2) is 82.6 Å². The Morgan fingerprint density at radius 2 is 1.00 bits per heavy atom. The van der Waals surface area contributed by atoms with Crippen molar-refractivity contribution >= 4 is 31.4 Å². The molecule has 0 saturated carbocycles. The molecule has 0 amide bonds. The van der Waals surface area contributed by atoms with E-state index in [1.807, 2.05) is 12.1 Å². The SMILES string of the molecule is N#Cc1cccc(S(=O)(=O)Nc2cccc(NS(=O)(=O)c3cccc(C#N)c3)c2)c1. The van der Waals surface area contributed by atoms with Crippen molar-refractivity contribution in [1.82, 2.24) is 0 Å². The Bertz CT molecular complexity index is 1300. The Morgan fingerprint density at radius 3 is 1.40 bits per heavy atom. The minimum atomic E-state index is -3.98. The van der Waals surface area contributed by atoms with Crippen molar-refractivity contribution in [2.45, 2.75) is 9.79 Å². The summed E-state index contributed by atoms with van der Waals surface area (Å²) in [5.74, 6) is 0. The molecule has 3 rings (SSSR count). The van der Waals surface area contributed by atoms with Crippen LogP contribution >= 0.6 is 0 Å². The van der Waals surface area contributed by atoms with Gasteiger partial charge in [0.25, 0.3) is 20.0 Å². The lowest BCUT2D eigenvalue weighted by molar-refractivity contribution is 0.599. The number of hydrogen-bond acceptors (Lipinski definition) is 6. The molecular formula is C20H14N4O4S2. The van der Waals surface area contributed by atoms with Crippen molar-refractivity contribution in [3.8, 4) is 12.1 Å². The normalized spacial score (nSPS) is 11.1. The van der Waals surface area contributed by atoms with E-state index in [1.54, 1.807) is 0 Å². The molecule has 8 nitrogen and oxygen atoms in total. The highest BCUT2D eigenvalue weighted by atomic mass is 32.2. The first-order chi connectivity index (χ1) is 14.2. The molecule has 0 aromatic heterocycles. The van der Waals surface area contributed by atoms with Gasteiger partial charge in [-0.15, -0.1) is 0 Å². The third-order valence-corrected chi connectivity index (χ3v) is 6.67. The second-order valence-corrected chi connectivity index (χ2v) is 9.44. The van der Waals surface area contributed by atoms with Crippen molar-refractivity contribution in [2.24, 2.45) is 0 Å². The Balaban J connectivity index is 1.86. The van der Waals surface area contributed by atoms with Gasteiger partial charge in [0.1, 0.15) is 0 Å². The van der Waals surface area contributed by atoms with E-state index in [4.69, 9.17) is 10.5 Å². The van der Waals surface area contributed by atoms with Gasteiger partial charge in [-0.2, -0.15) is 10.5 Å². The standard InChI is InChI=1S/C20H14N4O4S2/c21-13-15-4-1-8-19(10-15)29(25,26)23-17-6-3-7-18(12-17)24-30(27,28)20-9-2-5-16(11-20)14-22/h1-12,23-24H. The molecule has 0 heterocycles. The predicted octanol–water partition coefficient (Wildman–Crippen LogP) is 3.03. The number of nitrogens with zero attached hydrogens (tertiary/aromatic N) is 2. The molecule has 0 saturated heterocycles. The van der Waals surface area contributed by atoms with Gasteiger partial charge < -0.3 is 0 Å². The average Bonchev–Trinajstić information content (AvgIpc) is 2.73. The average molecular weight is 438 g/mol. The van der Waals surface area contributed by atoms with Crippen LogP contribution in [0.25, 0.3) is 0 Å². The molecule has 2 N–H and O–H groups in total. The summed E-state index contributed by atoms with van der Waals surface area (Å²) in [6, 6.07) is 20.5. The van der Waals surface area contributed by atoms with Gasteiger partial charge in [-0.3, -0.25) is 9.44 Å². The lowest BCUT2D eigenvalue weighted by atomic mass is 10.2. The third kappa shape index (κ3) is 4.75. The quantitative estimate of drug-likeness (QED) is 0.606. The van der Waals surface area contributed by atoms with Gasteiger partial charge in [0.15, 0.2) is 0 Å². The molecule has 0 spiro atoms. The zero-order valence-corrected chi connectivity index (χ0v) is 16.9. The van der Waals surface area contributed by atoms with Crippen LogP contribution < -0.4 is 9.44 Å². The highest BCUT2D eigenvalue weighted by molar-refractivity contribution is 7.93. The largest absolute Gasteiger partial charge is 0.280 e. The van der Waals surface area contributed by atoms with Crippen LogP contribution in [0.5, 0.6) is 0 Å². The van der Waals surface area contributed by atoms with Crippen LogP contribution in [0.4, 0.5) is 11.4 Å². The van der Waals surface area contributed by atoms with E-state index in [-0.39, 0.29) is 32.3 Å². The molecule has 3 aromatic carbocycles. The molecule has 0 aliphatic carbocycles. The number of nitriles is 2. The summed E-state index contributed by atoms with van der Waals surface area (Å²) in [6.07, 6.45) is 0. The van der Waals surface area contributed by atoms with Crippen molar-refractivity contribution in [1.29, 1.82) is 10.5 Å². The Morgan fingerprint density at radius 1 is 0.600 bits per heavy atom. The van der Waals surface area contributed by atoms with Crippen molar-refractivity contribution in [3.05, 3.63) is 83.9 Å². The molecule has 0 aliphatic rings. The molecule has 0 radical (unpaired) electrons. The van der Waals surface area contributed by atoms with Gasteiger partial charge in [0.2, 0.25) is 0 Å². The number of benzene rings is 3. The molecule has 30 heavy (non-hydrogen) atoms. The van der Waals surface area contributed by atoms with Gasteiger partial charge >= 0.3 is 0 Å². The van der Waals surface area contributed by atoms with Crippen LogP contribution in [0.3, 0.4) is 0 Å². The first-order valence-corrected chi connectivity index (χ1v) is 11.4. The molecule has 150 valence electrons. The van der Waals surface area contributed by atoms with Crippen LogP contribution in [0.2, 0.25) is 0 Å². The first kappa shape index (κ1) is 20.9. The number of sulfonamides is 2. The zero-order valence-electron chi connectivity index (χ0n) is 15.3. The van der Waals surface area contributed by atoms with Gasteiger partial charge in [0.05, 0.1) is 44.4 Å². The number of nitrogens with one attached hydrogen (secondary N) is 2. The van der Waals surface area contributed by atoms with E-state index in [0.29, 0.717) is 0 Å². The Hall–Kier alpha value is -3.86. The highest BCUT2D eigenvalue weighted by Gasteiger charge is 2.17. The lowest BCUT2D eigenvalue weighted by Crippen LogP contribution is -2.15. The lowest BCUT2D eigenvalue weighted by Gasteiger charge is -2.12. The third-order valence-electron chi connectivity index (χ3n) is 3.91. The van der Waals surface area contributed by atoms with Crippen molar-refractivity contribution in [2.75, 3.05) is 9.44 Å². The maximum atomic E-state index is 12.6. The van der Waals surface area contributed by atoms with Gasteiger partial charge in [0, 0.05) is 0 Å². The monoisotopic (exact) mass is 438 g/mol. The second kappa shape index (κ2) is 8.25. The molecule has 0 unspecified atom stereocenters. The molecule has 0 fully saturated rings. The zero-order chi connectivity index (χ0) is 21.8. The number of hydrogen-bond donors (Lipinski definition) is 2. The molecule has 3 aromatic rings. The fraction of sp³-hybridized carbons (Fsp3) is 0. The number of anilines is 2. The van der Waals surface area contributed by atoms with Crippen molar-refractivity contribution < 1.29 is 16.8 Å². The summed E-state index contributed by atoms with van der Waals surface area (Å²) in [4.78, 5) is -0.193. The van der Waals surface area contributed by atoms with Gasteiger partial charge in [-0.05, 0) is 54.6 Å². The maximum Gasteiger partial charge on any atom is 0.261 e. The first-order valence-electron chi connectivity index (χ1n) is 8.39. The van der Waals surface area contributed by atoms with E-state index in [1.165, 1.54) is 72.8 Å². The molecular weight excluding hydrogens is 424 g/mol. The van der Waals surface area contributed by atoms with Crippen LogP contribution in [0.1, 0.15) is 11.1 Å². The predicted molar refractivity (Wildman–Crippen MR) is 110 cm³/mol. The Labute approximate surface area is 174 Å². The summed E-state index contributed by atoms with van der Waals surface area (Å²) in [6.45, 7) is 0. The Kier molecular flexibility index (Phi) is 5.74. The maximum absolute atomic E-state index is 12.6. The van der Waals surface area contributed by atoms with Gasteiger partial charge in [-0.1, -0.05) is 18.2 Å². The molecule has 10 heteroatoms. The van der Waals surface area contributed by atoms with Gasteiger partial charge in [-0.25, -0.2) is 16.8 Å². The van der Waals surface area contributed by atoms with Crippen LogP contribution in [-0.4, -0.2) is 16.8 Å². The minimum absolute atomic E-state index is 0.0964. The summed E-state index contributed by atoms with van der Waals surface area (Å²) < 4.78 is 55.0. The van der Waals surface area contributed by atoms with E-state index in [0.717, 1.165) is 0 Å². The summed E-state index contributed by atoms with van der Waals surface area (Å²) in [7, 11) is -7.96. The summed E-state index contributed by atoms with van der Waals surface area (Å²) in [5, 5.41) is 17.9. The van der Waals surface area contributed by atoms with Crippen LogP contribution in [-0.2, 0) is 20.0 Å². The van der Waals surface area contributed by atoms with E-state index in [2.05, 4.69) is 9.44 Å². The van der Waals surface area contributed by atoms with E-state index >= 15 is 0 Å². The minimum Gasteiger partial charge on any atom is -0.280 e. The summed E-state index contributed by atoms with van der Waals surface area (Å²) in [5.41, 5.74) is 0.643. The summed E-state index contributed by atoms with van der Waals surface area (Å²) >= 11 is 0. The van der Waals surface area contributed by atoms with E-state index in [9.17, 15) is 16.8 Å². The topological polar surface area (TPSA) is 140 Å². The highest BCUT2D eigenvalue weighted by Crippen LogP contribution is 2.22. The fourth-order valence-electron chi connectivity index (χ4n) is 2.54. The van der Waals surface area contributed by atoms with E-state index < -0.39 is 20.0 Å². The van der Waals surface area contributed by atoms with Crippen LogP contribution in [0, 0.1) is 22.7 Å². The number of rotatable bonds is 6. The second-order valence-electron chi connectivity index (χ2n) is 6.07. The molecule has 0 bridgehead atoms. The smallest absolute Gasteiger partial charge is 0.261 e. The molecule has 0 aliphatic heterocycles. The fourth-order valence-corrected chi connectivity index (χ4v) is 4.73.